The molecule has 0 aromatic heterocycles. The predicted molar refractivity (Wildman–Crippen MR) is 74.3 cm³/mol. The van der Waals surface area contributed by atoms with Crippen LogP contribution in [0.15, 0.2) is 0 Å². The van der Waals surface area contributed by atoms with Crippen molar-refractivity contribution in [1.82, 2.24) is 0 Å². The van der Waals surface area contributed by atoms with Crippen molar-refractivity contribution in [1.29, 1.82) is 0 Å². The zero-order valence-electron chi connectivity index (χ0n) is 13.1. The van der Waals surface area contributed by atoms with E-state index in [0.717, 1.165) is 25.7 Å². The van der Waals surface area contributed by atoms with E-state index < -0.39 is 11.6 Å². The average Bonchev–Trinajstić information content (AvgIpc) is 3.09. The lowest BCUT2D eigenvalue weighted by molar-refractivity contribution is -0.204. The highest BCUT2D eigenvalue weighted by atomic mass is 16.8. The van der Waals surface area contributed by atoms with Crippen molar-refractivity contribution in [3.05, 3.63) is 0 Å². The van der Waals surface area contributed by atoms with Crippen LogP contribution in [0.4, 0.5) is 0 Å². The Morgan fingerprint density at radius 2 is 1.50 bits per heavy atom. The molecule has 2 heterocycles. The molecule has 20 heavy (non-hydrogen) atoms. The third kappa shape index (κ3) is 2.74. The molecule has 0 bridgehead atoms. The first-order valence-corrected chi connectivity index (χ1v) is 7.85. The topological polar surface area (TPSA) is 57.2 Å². The van der Waals surface area contributed by atoms with Gasteiger partial charge in [0.15, 0.2) is 11.6 Å². The Morgan fingerprint density at radius 3 is 1.95 bits per heavy atom. The second kappa shape index (κ2) is 6.28. The van der Waals surface area contributed by atoms with Gasteiger partial charge in [-0.25, -0.2) is 0 Å². The van der Waals surface area contributed by atoms with Crippen LogP contribution in [0.2, 0.25) is 0 Å². The van der Waals surface area contributed by atoms with E-state index in [1.807, 2.05) is 13.8 Å². The molecule has 0 unspecified atom stereocenters. The van der Waals surface area contributed by atoms with Crippen molar-refractivity contribution < 1.29 is 24.1 Å². The average molecular weight is 288 g/mol. The summed E-state index contributed by atoms with van der Waals surface area (Å²) < 4.78 is 24.0. The Morgan fingerprint density at radius 1 is 0.900 bits per heavy atom. The maximum Gasteiger partial charge on any atom is 0.169 e. The van der Waals surface area contributed by atoms with Gasteiger partial charge in [0.25, 0.3) is 0 Å². The van der Waals surface area contributed by atoms with Crippen LogP contribution in [0.3, 0.4) is 0 Å². The number of hydrogen-bond donors (Lipinski definition) is 1. The first-order chi connectivity index (χ1) is 9.57. The summed E-state index contributed by atoms with van der Waals surface area (Å²) in [6, 6.07) is 0. The Labute approximate surface area is 121 Å². The number of aliphatic hydroxyl groups is 1. The highest BCUT2D eigenvalue weighted by Crippen LogP contribution is 2.40. The smallest absolute Gasteiger partial charge is 0.169 e. The van der Waals surface area contributed by atoms with E-state index in [-0.39, 0.29) is 24.9 Å². The fourth-order valence-electron chi connectivity index (χ4n) is 3.10. The molecule has 0 spiro atoms. The predicted octanol–water partition coefficient (Wildman–Crippen LogP) is 2.21. The molecule has 5 nitrogen and oxygen atoms in total. The Kier molecular flexibility index (Phi) is 5.08. The van der Waals surface area contributed by atoms with Crippen LogP contribution in [0.5, 0.6) is 0 Å². The van der Waals surface area contributed by atoms with Crippen LogP contribution >= 0.6 is 0 Å². The van der Waals surface area contributed by atoms with Gasteiger partial charge in [0.2, 0.25) is 0 Å². The molecule has 2 aliphatic heterocycles. The maximum atomic E-state index is 9.56. The van der Waals surface area contributed by atoms with Gasteiger partial charge in [0.05, 0.1) is 13.2 Å². The Hall–Kier alpha value is -0.200. The van der Waals surface area contributed by atoms with E-state index >= 15 is 0 Å². The zero-order valence-corrected chi connectivity index (χ0v) is 13.1. The number of aliphatic hydroxyl groups excluding tert-OH is 1. The molecule has 0 aliphatic carbocycles. The largest absolute Gasteiger partial charge is 0.394 e. The maximum absolute atomic E-state index is 9.56. The summed E-state index contributed by atoms with van der Waals surface area (Å²) in [7, 11) is 0. The Balaban J connectivity index is 2.09. The van der Waals surface area contributed by atoms with Crippen molar-refractivity contribution >= 4 is 0 Å². The van der Waals surface area contributed by atoms with Gasteiger partial charge in [-0.05, 0) is 25.7 Å². The summed E-state index contributed by atoms with van der Waals surface area (Å²) in [6.07, 6.45) is 2.36. The van der Waals surface area contributed by atoms with Crippen LogP contribution < -0.4 is 0 Å². The molecule has 118 valence electrons. The van der Waals surface area contributed by atoms with E-state index in [1.165, 1.54) is 0 Å². The number of rotatable bonds is 6. The highest BCUT2D eigenvalue weighted by Gasteiger charge is 2.52. The molecule has 2 saturated heterocycles. The van der Waals surface area contributed by atoms with Crippen LogP contribution in [-0.4, -0.2) is 48.2 Å². The van der Waals surface area contributed by atoms with Crippen LogP contribution in [-0.2, 0) is 18.9 Å². The molecule has 1 N–H and O–H groups in total. The molecule has 5 heteroatoms. The van der Waals surface area contributed by atoms with Gasteiger partial charge in [0, 0.05) is 0 Å². The molecule has 0 radical (unpaired) electrons. The van der Waals surface area contributed by atoms with Crippen LogP contribution in [0, 0.1) is 0 Å². The minimum atomic E-state index is -0.592. The number of ether oxygens (including phenoxy) is 4. The molecule has 0 aromatic rings. The van der Waals surface area contributed by atoms with Crippen molar-refractivity contribution in [2.24, 2.45) is 0 Å². The van der Waals surface area contributed by atoms with Crippen molar-refractivity contribution in [2.45, 2.75) is 83.3 Å². The van der Waals surface area contributed by atoms with E-state index in [9.17, 15) is 5.11 Å². The van der Waals surface area contributed by atoms with E-state index in [4.69, 9.17) is 18.9 Å². The molecule has 2 rings (SSSR count). The monoisotopic (exact) mass is 288 g/mol. The molecule has 2 aliphatic rings. The van der Waals surface area contributed by atoms with E-state index in [0.29, 0.717) is 6.61 Å². The minimum Gasteiger partial charge on any atom is -0.394 e. The summed E-state index contributed by atoms with van der Waals surface area (Å²) in [4.78, 5) is 0. The Bertz CT molecular complexity index is 311. The van der Waals surface area contributed by atoms with E-state index in [1.54, 1.807) is 0 Å². The summed E-state index contributed by atoms with van der Waals surface area (Å²) in [5.41, 5.74) is 0. The van der Waals surface area contributed by atoms with Crippen LogP contribution in [0.25, 0.3) is 0 Å². The molecule has 3 atom stereocenters. The van der Waals surface area contributed by atoms with E-state index in [2.05, 4.69) is 13.8 Å². The molecule has 2 fully saturated rings. The normalized spacial score (nSPS) is 35.5. The fourth-order valence-corrected chi connectivity index (χ4v) is 3.10. The van der Waals surface area contributed by atoms with Crippen molar-refractivity contribution in [3.8, 4) is 0 Å². The lowest BCUT2D eigenvalue weighted by atomic mass is 10.1. The standard InChI is InChI=1S/C15H28O5/c1-5-14(6-2)17-10-12(19-14)13-11(9-16)18-15(7-3,8-4)20-13/h11-13,16H,5-10H2,1-4H3/t11-,12-,13+/m0/s1. The second-order valence-electron chi connectivity index (χ2n) is 5.62. The first kappa shape index (κ1) is 16.2. The lowest BCUT2D eigenvalue weighted by Crippen LogP contribution is -2.40. The molecule has 0 saturated carbocycles. The van der Waals surface area contributed by atoms with Gasteiger partial charge < -0.3 is 24.1 Å². The van der Waals surface area contributed by atoms with Gasteiger partial charge in [-0.1, -0.05) is 27.7 Å². The van der Waals surface area contributed by atoms with Gasteiger partial charge in [-0.2, -0.15) is 0 Å². The molecule has 0 amide bonds. The fraction of sp³-hybridized carbons (Fsp3) is 1.00. The van der Waals surface area contributed by atoms with Crippen molar-refractivity contribution in [3.63, 3.8) is 0 Å². The third-order valence-corrected chi connectivity index (χ3v) is 4.66. The van der Waals surface area contributed by atoms with Gasteiger partial charge >= 0.3 is 0 Å². The van der Waals surface area contributed by atoms with Crippen molar-refractivity contribution in [2.75, 3.05) is 13.2 Å². The van der Waals surface area contributed by atoms with Gasteiger partial charge in [-0.15, -0.1) is 0 Å². The molecule has 0 aromatic carbocycles. The number of hydrogen-bond acceptors (Lipinski definition) is 5. The first-order valence-electron chi connectivity index (χ1n) is 7.85. The quantitative estimate of drug-likeness (QED) is 0.812. The lowest BCUT2D eigenvalue weighted by Gasteiger charge is -2.28. The highest BCUT2D eigenvalue weighted by molar-refractivity contribution is 4.92. The second-order valence-corrected chi connectivity index (χ2v) is 5.62. The summed E-state index contributed by atoms with van der Waals surface area (Å²) in [6.45, 7) is 8.63. The summed E-state index contributed by atoms with van der Waals surface area (Å²) in [5.74, 6) is -1.09. The third-order valence-electron chi connectivity index (χ3n) is 4.66. The molecular formula is C15H28O5. The zero-order chi connectivity index (χ0) is 14.8. The summed E-state index contributed by atoms with van der Waals surface area (Å²) >= 11 is 0. The summed E-state index contributed by atoms with van der Waals surface area (Å²) in [5, 5.41) is 9.56. The SMILES string of the molecule is CCC1(CC)OC[C@@H]([C@@H]2OC(CC)(CC)O[C@H]2CO)O1. The minimum absolute atomic E-state index is 0.0580. The van der Waals surface area contributed by atoms with Gasteiger partial charge in [0.1, 0.15) is 18.3 Å². The van der Waals surface area contributed by atoms with Gasteiger partial charge in [-0.3, -0.25) is 0 Å². The molecular weight excluding hydrogens is 260 g/mol. The van der Waals surface area contributed by atoms with Crippen LogP contribution in [0.1, 0.15) is 53.4 Å².